The molecule has 0 unspecified atom stereocenters. The van der Waals surface area contributed by atoms with Crippen molar-refractivity contribution in [2.24, 2.45) is 0 Å². The van der Waals surface area contributed by atoms with Crippen molar-refractivity contribution in [1.29, 1.82) is 0 Å². The van der Waals surface area contributed by atoms with Crippen molar-refractivity contribution in [2.75, 3.05) is 44.7 Å². The zero-order valence-electron chi connectivity index (χ0n) is 13.3. The molecule has 1 aliphatic rings. The molecule has 2 amide bonds. The predicted molar refractivity (Wildman–Crippen MR) is 92.8 cm³/mol. The highest BCUT2D eigenvalue weighted by atomic mass is 16.5. The minimum atomic E-state index is -0.150. The number of hydrogen-bond donors (Lipinski definition) is 2. The molecule has 23 heavy (non-hydrogen) atoms. The maximum atomic E-state index is 12.1. The van der Waals surface area contributed by atoms with Crippen molar-refractivity contribution in [2.45, 2.75) is 6.42 Å². The zero-order chi connectivity index (χ0) is 15.9. The first-order valence-electron chi connectivity index (χ1n) is 8.16. The van der Waals surface area contributed by atoms with Crippen LogP contribution >= 0.6 is 0 Å². The van der Waals surface area contributed by atoms with Gasteiger partial charge in [0.2, 0.25) is 0 Å². The summed E-state index contributed by atoms with van der Waals surface area (Å²) in [6.45, 7) is 5.28. The molecule has 0 atom stereocenters. The summed E-state index contributed by atoms with van der Waals surface area (Å²) in [7, 11) is 0. The number of benzene rings is 2. The number of fused-ring (bicyclic) bond motifs is 1. The summed E-state index contributed by atoms with van der Waals surface area (Å²) in [4.78, 5) is 14.4. The van der Waals surface area contributed by atoms with Crippen LogP contribution in [0.2, 0.25) is 0 Å². The predicted octanol–water partition coefficient (Wildman–Crippen LogP) is 2.68. The summed E-state index contributed by atoms with van der Waals surface area (Å²) in [5.41, 5.74) is 0.841. The molecular weight excluding hydrogens is 290 g/mol. The molecule has 1 fully saturated rings. The van der Waals surface area contributed by atoms with Crippen LogP contribution in [0.4, 0.5) is 10.5 Å². The van der Waals surface area contributed by atoms with E-state index in [2.05, 4.69) is 15.5 Å². The van der Waals surface area contributed by atoms with E-state index in [1.807, 2.05) is 42.5 Å². The molecule has 3 rings (SSSR count). The number of morpholine rings is 1. The van der Waals surface area contributed by atoms with Crippen LogP contribution in [0.15, 0.2) is 42.5 Å². The average molecular weight is 313 g/mol. The number of amides is 2. The maximum Gasteiger partial charge on any atom is 0.319 e. The lowest BCUT2D eigenvalue weighted by Crippen LogP contribution is -2.38. The van der Waals surface area contributed by atoms with Gasteiger partial charge in [0.1, 0.15) is 0 Å². The quantitative estimate of drug-likeness (QED) is 0.835. The Morgan fingerprint density at radius 1 is 1.09 bits per heavy atom. The van der Waals surface area contributed by atoms with Crippen LogP contribution < -0.4 is 10.6 Å². The van der Waals surface area contributed by atoms with Gasteiger partial charge in [0.25, 0.3) is 0 Å². The van der Waals surface area contributed by atoms with Gasteiger partial charge in [-0.1, -0.05) is 36.4 Å². The lowest BCUT2D eigenvalue weighted by atomic mass is 10.1. The number of ether oxygens (including phenoxy) is 1. The highest BCUT2D eigenvalue weighted by Crippen LogP contribution is 2.22. The third-order valence-corrected chi connectivity index (χ3v) is 4.08. The van der Waals surface area contributed by atoms with Crippen LogP contribution in [0.25, 0.3) is 10.8 Å². The third-order valence-electron chi connectivity index (χ3n) is 4.08. The Morgan fingerprint density at radius 3 is 2.74 bits per heavy atom. The number of rotatable bonds is 5. The fourth-order valence-corrected chi connectivity index (χ4v) is 2.83. The number of carbonyl (C=O) groups is 1. The maximum absolute atomic E-state index is 12.1. The van der Waals surface area contributed by atoms with E-state index in [0.717, 1.165) is 55.7 Å². The second-order valence-corrected chi connectivity index (χ2v) is 5.72. The van der Waals surface area contributed by atoms with Gasteiger partial charge < -0.3 is 15.4 Å². The number of nitrogens with one attached hydrogen (secondary N) is 2. The first kappa shape index (κ1) is 15.8. The number of anilines is 1. The van der Waals surface area contributed by atoms with Crippen molar-refractivity contribution in [3.8, 4) is 0 Å². The van der Waals surface area contributed by atoms with Crippen molar-refractivity contribution in [1.82, 2.24) is 10.2 Å². The van der Waals surface area contributed by atoms with Crippen LogP contribution in [-0.4, -0.2) is 50.3 Å². The van der Waals surface area contributed by atoms with Gasteiger partial charge in [0.15, 0.2) is 0 Å². The molecule has 1 saturated heterocycles. The van der Waals surface area contributed by atoms with Gasteiger partial charge in [-0.15, -0.1) is 0 Å². The molecule has 0 saturated carbocycles. The average Bonchev–Trinajstić information content (AvgIpc) is 2.60. The molecule has 2 N–H and O–H groups in total. The second-order valence-electron chi connectivity index (χ2n) is 5.72. The number of nitrogens with zero attached hydrogens (tertiary/aromatic N) is 1. The minimum absolute atomic E-state index is 0.150. The standard InChI is InChI=1S/C18H23N3O2/c22-18(19-9-4-10-21-11-13-23-14-12-21)20-17-8-3-6-15-5-1-2-7-16(15)17/h1-3,5-8H,4,9-14H2,(H2,19,20,22). The topological polar surface area (TPSA) is 53.6 Å². The normalized spacial score (nSPS) is 15.5. The Kier molecular flexibility index (Phi) is 5.45. The molecule has 0 bridgehead atoms. The van der Waals surface area contributed by atoms with E-state index in [0.29, 0.717) is 6.54 Å². The van der Waals surface area contributed by atoms with Crippen LogP contribution in [0.1, 0.15) is 6.42 Å². The molecule has 0 aromatic heterocycles. The van der Waals surface area contributed by atoms with E-state index < -0.39 is 0 Å². The summed E-state index contributed by atoms with van der Waals surface area (Å²) in [6, 6.07) is 13.8. The molecule has 0 aliphatic carbocycles. The zero-order valence-corrected chi connectivity index (χ0v) is 13.3. The Hall–Kier alpha value is -2.11. The minimum Gasteiger partial charge on any atom is -0.379 e. The van der Waals surface area contributed by atoms with E-state index in [9.17, 15) is 4.79 Å². The van der Waals surface area contributed by atoms with E-state index in [-0.39, 0.29) is 6.03 Å². The monoisotopic (exact) mass is 313 g/mol. The highest BCUT2D eigenvalue weighted by Gasteiger charge is 2.10. The summed E-state index contributed by atoms with van der Waals surface area (Å²) in [5.74, 6) is 0. The van der Waals surface area contributed by atoms with Gasteiger partial charge in [-0.25, -0.2) is 4.79 Å². The first-order valence-corrected chi connectivity index (χ1v) is 8.16. The lowest BCUT2D eigenvalue weighted by Gasteiger charge is -2.26. The molecule has 0 radical (unpaired) electrons. The molecular formula is C18H23N3O2. The van der Waals surface area contributed by atoms with Crippen LogP contribution in [0, 0.1) is 0 Å². The van der Waals surface area contributed by atoms with Gasteiger partial charge in [0.05, 0.1) is 18.9 Å². The third kappa shape index (κ3) is 4.43. The van der Waals surface area contributed by atoms with Gasteiger partial charge in [-0.3, -0.25) is 4.90 Å². The number of hydrogen-bond acceptors (Lipinski definition) is 3. The SMILES string of the molecule is O=C(NCCCN1CCOCC1)Nc1cccc2ccccc12. The molecule has 5 nitrogen and oxygen atoms in total. The fourth-order valence-electron chi connectivity index (χ4n) is 2.83. The summed E-state index contributed by atoms with van der Waals surface area (Å²) < 4.78 is 5.32. The second kappa shape index (κ2) is 7.94. The first-order chi connectivity index (χ1) is 11.3. The number of urea groups is 1. The highest BCUT2D eigenvalue weighted by molar-refractivity contribution is 6.01. The molecule has 2 aromatic carbocycles. The molecule has 0 spiro atoms. The Bertz CT molecular complexity index is 648. The smallest absolute Gasteiger partial charge is 0.319 e. The summed E-state index contributed by atoms with van der Waals surface area (Å²) >= 11 is 0. The number of carbonyl (C=O) groups excluding carboxylic acids is 1. The molecule has 2 aromatic rings. The summed E-state index contributed by atoms with van der Waals surface area (Å²) in [5, 5.41) is 8.04. The van der Waals surface area contributed by atoms with Crippen LogP contribution in [0.5, 0.6) is 0 Å². The van der Waals surface area contributed by atoms with Crippen LogP contribution in [-0.2, 0) is 4.74 Å². The van der Waals surface area contributed by atoms with E-state index >= 15 is 0 Å². The van der Waals surface area contributed by atoms with Gasteiger partial charge >= 0.3 is 6.03 Å². The van der Waals surface area contributed by atoms with Crippen molar-refractivity contribution in [3.63, 3.8) is 0 Å². The molecule has 122 valence electrons. The summed E-state index contributed by atoms with van der Waals surface area (Å²) in [6.07, 6.45) is 0.947. The van der Waals surface area contributed by atoms with E-state index in [1.165, 1.54) is 0 Å². The van der Waals surface area contributed by atoms with Crippen molar-refractivity contribution >= 4 is 22.5 Å². The van der Waals surface area contributed by atoms with E-state index in [4.69, 9.17) is 4.74 Å². The molecule has 1 aliphatic heterocycles. The van der Waals surface area contributed by atoms with Crippen molar-refractivity contribution in [3.05, 3.63) is 42.5 Å². The van der Waals surface area contributed by atoms with Gasteiger partial charge in [-0.05, 0) is 24.4 Å². The largest absolute Gasteiger partial charge is 0.379 e. The van der Waals surface area contributed by atoms with Gasteiger partial charge in [-0.2, -0.15) is 0 Å². The van der Waals surface area contributed by atoms with Crippen LogP contribution in [0.3, 0.4) is 0 Å². The molecule has 1 heterocycles. The van der Waals surface area contributed by atoms with E-state index in [1.54, 1.807) is 0 Å². The Morgan fingerprint density at radius 2 is 1.87 bits per heavy atom. The Balaban J connectivity index is 1.45. The molecule has 5 heteroatoms. The van der Waals surface area contributed by atoms with Gasteiger partial charge in [0, 0.05) is 25.0 Å². The van der Waals surface area contributed by atoms with Crippen molar-refractivity contribution < 1.29 is 9.53 Å². The lowest BCUT2D eigenvalue weighted by molar-refractivity contribution is 0.0375. The fraction of sp³-hybridized carbons (Fsp3) is 0.389. The Labute approximate surface area is 136 Å².